The number of anilines is 1. The number of benzene rings is 2. The minimum absolute atomic E-state index is 0.164. The van der Waals surface area contributed by atoms with Crippen LogP contribution in [0.5, 0.6) is 0 Å². The van der Waals surface area contributed by atoms with E-state index >= 15 is 0 Å². The Morgan fingerprint density at radius 2 is 1.73 bits per heavy atom. The molecular weight excluding hydrogens is 399 g/mol. The minimum atomic E-state index is -3.13. The maximum Gasteiger partial charge on any atom is 0.334 e. The molecule has 2 aromatic carbocycles. The smallest absolute Gasteiger partial charge is 0.323 e. The molecule has 0 fully saturated rings. The third-order valence-electron chi connectivity index (χ3n) is 4.50. The summed E-state index contributed by atoms with van der Waals surface area (Å²) in [7, 11) is -0.409. The summed E-state index contributed by atoms with van der Waals surface area (Å²) in [5.41, 5.74) is 4.33. The molecule has 0 atom stereocenters. The largest absolute Gasteiger partial charge is 0.334 e. The van der Waals surface area contributed by atoms with Crippen molar-refractivity contribution >= 4 is 25.3 Å². The normalized spacial score (nSPS) is 11.5. The third-order valence-corrected chi connectivity index (χ3v) is 6.37. The van der Waals surface area contributed by atoms with Gasteiger partial charge in [0.15, 0.2) is 0 Å². The van der Waals surface area contributed by atoms with Gasteiger partial charge >= 0.3 is 7.60 Å². The van der Waals surface area contributed by atoms with Crippen LogP contribution in [0, 0.1) is 0 Å². The van der Waals surface area contributed by atoms with E-state index in [1.165, 1.54) is 20.3 Å². The molecule has 0 unspecified atom stereocenters. The lowest BCUT2D eigenvalue weighted by molar-refractivity contribution is -0.111. The van der Waals surface area contributed by atoms with Crippen molar-refractivity contribution in [2.24, 2.45) is 0 Å². The molecule has 0 aliphatic rings. The second-order valence-electron chi connectivity index (χ2n) is 6.48. The van der Waals surface area contributed by atoms with Crippen LogP contribution < -0.4 is 5.32 Å². The van der Waals surface area contributed by atoms with E-state index in [2.05, 4.69) is 10.3 Å². The van der Waals surface area contributed by atoms with E-state index < -0.39 is 7.60 Å². The molecule has 0 saturated carbocycles. The van der Waals surface area contributed by atoms with Crippen molar-refractivity contribution in [1.82, 2.24) is 4.98 Å². The Kier molecular flexibility index (Phi) is 7.31. The van der Waals surface area contributed by atoms with Gasteiger partial charge in [-0.3, -0.25) is 14.3 Å². The van der Waals surface area contributed by atoms with Crippen LogP contribution >= 0.6 is 7.60 Å². The van der Waals surface area contributed by atoms with Gasteiger partial charge in [0, 0.05) is 43.9 Å². The summed E-state index contributed by atoms with van der Waals surface area (Å²) in [6.07, 6.45) is 6.84. The Bertz CT molecular complexity index is 1060. The van der Waals surface area contributed by atoms with E-state index in [9.17, 15) is 9.36 Å². The van der Waals surface area contributed by atoms with Crippen LogP contribution in [0.1, 0.15) is 11.1 Å². The summed E-state index contributed by atoms with van der Waals surface area (Å²) in [6.45, 7) is 0. The predicted octanol–water partition coefficient (Wildman–Crippen LogP) is 5.39. The maximum absolute atomic E-state index is 12.3. The SMILES string of the molecule is COP(=O)(Cc1ccc(NC(=O)/C=C/c2cnccc2-c2ccccc2)cc1)OC. The highest BCUT2D eigenvalue weighted by Crippen LogP contribution is 2.49. The van der Waals surface area contributed by atoms with Crippen LogP contribution in [0.15, 0.2) is 79.1 Å². The lowest BCUT2D eigenvalue weighted by Crippen LogP contribution is -2.07. The van der Waals surface area contributed by atoms with Crippen LogP contribution in [-0.4, -0.2) is 25.1 Å². The lowest BCUT2D eigenvalue weighted by atomic mass is 10.0. The number of carbonyl (C=O) groups excluding carboxylic acids is 1. The van der Waals surface area contributed by atoms with E-state index in [1.54, 1.807) is 42.7 Å². The summed E-state index contributed by atoms with van der Waals surface area (Å²) in [5.74, 6) is -0.259. The average Bonchev–Trinajstić information content (AvgIpc) is 2.79. The Morgan fingerprint density at radius 3 is 2.40 bits per heavy atom. The van der Waals surface area contributed by atoms with Gasteiger partial charge in [0.25, 0.3) is 0 Å². The summed E-state index contributed by atoms with van der Waals surface area (Å²) in [6, 6.07) is 18.9. The zero-order valence-electron chi connectivity index (χ0n) is 16.8. The van der Waals surface area contributed by atoms with Crippen LogP contribution in [0.4, 0.5) is 5.69 Å². The summed E-state index contributed by atoms with van der Waals surface area (Å²) in [4.78, 5) is 16.5. The zero-order valence-corrected chi connectivity index (χ0v) is 17.7. The van der Waals surface area contributed by atoms with Crippen LogP contribution in [0.25, 0.3) is 17.2 Å². The van der Waals surface area contributed by atoms with Gasteiger partial charge in [-0.15, -0.1) is 0 Å². The quantitative estimate of drug-likeness (QED) is 0.389. The monoisotopic (exact) mass is 422 g/mol. The minimum Gasteiger partial charge on any atom is -0.323 e. The molecule has 3 rings (SSSR count). The highest BCUT2D eigenvalue weighted by molar-refractivity contribution is 7.52. The fourth-order valence-corrected chi connectivity index (χ4v) is 3.96. The first kappa shape index (κ1) is 21.7. The van der Waals surface area contributed by atoms with E-state index in [1.807, 2.05) is 36.4 Å². The van der Waals surface area contributed by atoms with Gasteiger partial charge in [-0.2, -0.15) is 0 Å². The van der Waals surface area contributed by atoms with Crippen LogP contribution in [-0.2, 0) is 24.6 Å². The topological polar surface area (TPSA) is 77.5 Å². The first-order valence-electron chi connectivity index (χ1n) is 9.31. The highest BCUT2D eigenvalue weighted by Gasteiger charge is 2.21. The molecule has 1 heterocycles. The number of hydrogen-bond acceptors (Lipinski definition) is 5. The Balaban J connectivity index is 1.67. The van der Waals surface area contributed by atoms with E-state index in [0.717, 1.165) is 22.3 Å². The molecule has 7 heteroatoms. The number of amides is 1. The second kappa shape index (κ2) is 10.1. The van der Waals surface area contributed by atoms with Crippen LogP contribution in [0.2, 0.25) is 0 Å². The second-order valence-corrected chi connectivity index (χ2v) is 8.75. The zero-order chi connectivity index (χ0) is 21.4. The predicted molar refractivity (Wildman–Crippen MR) is 119 cm³/mol. The van der Waals surface area contributed by atoms with Crippen molar-refractivity contribution in [2.75, 3.05) is 19.5 Å². The van der Waals surface area contributed by atoms with Gasteiger partial charge in [-0.25, -0.2) is 0 Å². The molecule has 1 aromatic heterocycles. The fraction of sp³-hybridized carbons (Fsp3) is 0.130. The van der Waals surface area contributed by atoms with Crippen molar-refractivity contribution in [1.29, 1.82) is 0 Å². The van der Waals surface area contributed by atoms with Gasteiger partial charge in [0.2, 0.25) is 5.91 Å². The standard InChI is InChI=1S/C23H23N2O4P/c1-28-30(27,29-2)17-18-8-11-21(12-9-18)25-23(26)13-10-20-16-24-15-14-22(20)19-6-4-3-5-7-19/h3-16H,17H2,1-2H3,(H,25,26)/b13-10+. The van der Waals surface area contributed by atoms with Gasteiger partial charge < -0.3 is 14.4 Å². The Labute approximate surface area is 176 Å². The molecule has 1 amide bonds. The molecule has 0 spiro atoms. The number of rotatable bonds is 8. The number of hydrogen-bond donors (Lipinski definition) is 1. The third kappa shape index (κ3) is 5.74. The molecule has 0 saturated heterocycles. The number of aromatic nitrogens is 1. The maximum atomic E-state index is 12.3. The molecule has 3 aromatic rings. The molecule has 0 aliphatic heterocycles. The summed E-state index contributed by atoms with van der Waals surface area (Å²) >= 11 is 0. The average molecular weight is 422 g/mol. The van der Waals surface area contributed by atoms with Crippen molar-refractivity contribution < 1.29 is 18.4 Å². The summed E-state index contributed by atoms with van der Waals surface area (Å²) < 4.78 is 22.1. The first-order chi connectivity index (χ1) is 14.5. The van der Waals surface area contributed by atoms with Gasteiger partial charge in [0.1, 0.15) is 0 Å². The van der Waals surface area contributed by atoms with Crippen molar-refractivity contribution in [3.05, 3.63) is 90.3 Å². The van der Waals surface area contributed by atoms with E-state index in [0.29, 0.717) is 5.69 Å². The molecule has 1 N–H and O–H groups in total. The van der Waals surface area contributed by atoms with Gasteiger partial charge in [-0.1, -0.05) is 42.5 Å². The van der Waals surface area contributed by atoms with E-state index in [4.69, 9.17) is 9.05 Å². The van der Waals surface area contributed by atoms with Gasteiger partial charge in [0.05, 0.1) is 6.16 Å². The van der Waals surface area contributed by atoms with Crippen molar-refractivity contribution in [2.45, 2.75) is 6.16 Å². The van der Waals surface area contributed by atoms with Gasteiger partial charge in [-0.05, 0) is 41.0 Å². The van der Waals surface area contributed by atoms with Crippen molar-refractivity contribution in [3.63, 3.8) is 0 Å². The molecule has 6 nitrogen and oxygen atoms in total. The number of carbonyl (C=O) groups is 1. The number of pyridine rings is 1. The highest BCUT2D eigenvalue weighted by atomic mass is 31.2. The van der Waals surface area contributed by atoms with Crippen LogP contribution in [0.3, 0.4) is 0 Å². The van der Waals surface area contributed by atoms with E-state index in [-0.39, 0.29) is 12.1 Å². The molecule has 0 radical (unpaired) electrons. The molecule has 0 aliphatic carbocycles. The number of nitrogens with zero attached hydrogens (tertiary/aromatic N) is 1. The lowest BCUT2D eigenvalue weighted by Gasteiger charge is -2.13. The molecule has 30 heavy (non-hydrogen) atoms. The number of nitrogens with one attached hydrogen (secondary N) is 1. The fourth-order valence-electron chi connectivity index (χ4n) is 2.89. The molecular formula is C23H23N2O4P. The molecule has 154 valence electrons. The van der Waals surface area contributed by atoms with Crippen molar-refractivity contribution in [3.8, 4) is 11.1 Å². The first-order valence-corrected chi connectivity index (χ1v) is 11.0. The Hall–Kier alpha value is -3.05. The summed E-state index contributed by atoms with van der Waals surface area (Å²) in [5, 5.41) is 2.81. The Morgan fingerprint density at radius 1 is 1.03 bits per heavy atom. The molecule has 0 bridgehead atoms.